The van der Waals surface area contributed by atoms with Crippen molar-refractivity contribution in [3.8, 4) is 0 Å². The standard InChI is InChI=1S/C8H15NO4S/c10-8(7-3-1-2-4-7)9-5-6-14(11,12)13/h7H,1-6H2,(H,9,10)(H,11,12,13). The van der Waals surface area contributed by atoms with E-state index in [4.69, 9.17) is 4.55 Å². The highest BCUT2D eigenvalue weighted by Gasteiger charge is 2.22. The fraction of sp³-hybridized carbons (Fsp3) is 0.875. The maximum Gasteiger partial charge on any atom is 0.266 e. The number of nitrogens with one attached hydrogen (secondary N) is 1. The maximum atomic E-state index is 11.3. The fourth-order valence-electron chi connectivity index (χ4n) is 1.64. The van der Waals surface area contributed by atoms with Crippen LogP contribution < -0.4 is 5.32 Å². The molecule has 0 atom stereocenters. The van der Waals surface area contributed by atoms with E-state index in [1.54, 1.807) is 0 Å². The predicted octanol–water partition coefficient (Wildman–Crippen LogP) is 0.181. The lowest BCUT2D eigenvalue weighted by molar-refractivity contribution is -0.124. The van der Waals surface area contributed by atoms with Gasteiger partial charge in [0.1, 0.15) is 0 Å². The molecule has 1 aliphatic rings. The predicted molar refractivity (Wildman–Crippen MR) is 51.4 cm³/mol. The Morgan fingerprint density at radius 2 is 1.93 bits per heavy atom. The first kappa shape index (κ1) is 11.5. The van der Waals surface area contributed by atoms with Crippen LogP contribution in [0, 0.1) is 5.92 Å². The molecule has 1 rings (SSSR count). The molecule has 82 valence electrons. The van der Waals surface area contributed by atoms with Crippen LogP contribution in [0.1, 0.15) is 25.7 Å². The average Bonchev–Trinajstić information content (AvgIpc) is 2.53. The molecule has 14 heavy (non-hydrogen) atoms. The first-order valence-corrected chi connectivity index (χ1v) is 6.33. The Bertz CT molecular complexity index is 292. The van der Waals surface area contributed by atoms with Gasteiger partial charge in [0.15, 0.2) is 0 Å². The Morgan fingerprint density at radius 3 is 2.43 bits per heavy atom. The van der Waals surface area contributed by atoms with Gasteiger partial charge < -0.3 is 5.32 Å². The Balaban J connectivity index is 2.21. The molecular weight excluding hydrogens is 206 g/mol. The van der Waals surface area contributed by atoms with E-state index in [1.165, 1.54) is 0 Å². The highest BCUT2D eigenvalue weighted by atomic mass is 32.2. The lowest BCUT2D eigenvalue weighted by Gasteiger charge is -2.08. The van der Waals surface area contributed by atoms with E-state index in [2.05, 4.69) is 5.32 Å². The normalized spacial score (nSPS) is 18.4. The second-order valence-electron chi connectivity index (χ2n) is 3.56. The van der Waals surface area contributed by atoms with Gasteiger partial charge in [-0.1, -0.05) is 12.8 Å². The summed E-state index contributed by atoms with van der Waals surface area (Å²) in [5, 5.41) is 2.50. The van der Waals surface area contributed by atoms with Gasteiger partial charge in [0, 0.05) is 12.5 Å². The van der Waals surface area contributed by atoms with Crippen molar-refractivity contribution in [2.45, 2.75) is 25.7 Å². The minimum absolute atomic E-state index is 0.00579. The number of amides is 1. The molecule has 0 aromatic carbocycles. The maximum absolute atomic E-state index is 11.3. The van der Waals surface area contributed by atoms with E-state index in [0.29, 0.717) is 0 Å². The van der Waals surface area contributed by atoms with Gasteiger partial charge in [0.2, 0.25) is 5.91 Å². The molecule has 5 nitrogen and oxygen atoms in total. The van der Waals surface area contributed by atoms with Crippen LogP contribution in [0.3, 0.4) is 0 Å². The van der Waals surface area contributed by atoms with E-state index in [-0.39, 0.29) is 18.4 Å². The van der Waals surface area contributed by atoms with Crippen molar-refractivity contribution in [3.63, 3.8) is 0 Å². The summed E-state index contributed by atoms with van der Waals surface area (Å²) in [6.45, 7) is -0.00579. The molecule has 0 spiro atoms. The van der Waals surface area contributed by atoms with Gasteiger partial charge in [0.05, 0.1) is 5.75 Å². The SMILES string of the molecule is O=C(NCCS(=O)(=O)O)C1CCCC1. The molecule has 1 aliphatic carbocycles. The van der Waals surface area contributed by atoms with Crippen LogP contribution in [-0.4, -0.2) is 31.2 Å². The number of carbonyl (C=O) groups is 1. The third-order valence-corrected chi connectivity index (χ3v) is 3.11. The first-order valence-electron chi connectivity index (χ1n) is 4.72. The molecule has 0 radical (unpaired) electrons. The largest absolute Gasteiger partial charge is 0.355 e. The smallest absolute Gasteiger partial charge is 0.266 e. The highest BCUT2D eigenvalue weighted by Crippen LogP contribution is 2.24. The minimum atomic E-state index is -3.96. The summed E-state index contributed by atoms with van der Waals surface area (Å²) in [6, 6.07) is 0. The van der Waals surface area contributed by atoms with Crippen LogP contribution in [0.4, 0.5) is 0 Å². The van der Waals surface area contributed by atoms with Crippen LogP contribution in [0.5, 0.6) is 0 Å². The van der Waals surface area contributed by atoms with Gasteiger partial charge in [-0.2, -0.15) is 8.42 Å². The Morgan fingerprint density at radius 1 is 1.36 bits per heavy atom. The average molecular weight is 221 g/mol. The first-order chi connectivity index (χ1) is 6.49. The molecule has 1 saturated carbocycles. The van der Waals surface area contributed by atoms with Crippen molar-refractivity contribution in [1.82, 2.24) is 5.32 Å². The van der Waals surface area contributed by atoms with Gasteiger partial charge in [0.25, 0.3) is 10.1 Å². The minimum Gasteiger partial charge on any atom is -0.355 e. The Hall–Kier alpha value is -0.620. The lowest BCUT2D eigenvalue weighted by Crippen LogP contribution is -2.33. The number of rotatable bonds is 4. The van der Waals surface area contributed by atoms with Crippen LogP contribution in [0.15, 0.2) is 0 Å². The molecule has 0 bridgehead atoms. The molecule has 0 unspecified atom stereocenters. The topological polar surface area (TPSA) is 83.5 Å². The van der Waals surface area contributed by atoms with E-state index in [1.807, 2.05) is 0 Å². The summed E-state index contributed by atoms with van der Waals surface area (Å²) >= 11 is 0. The van der Waals surface area contributed by atoms with E-state index in [9.17, 15) is 13.2 Å². The molecular formula is C8H15NO4S. The summed E-state index contributed by atoms with van der Waals surface area (Å²) in [4.78, 5) is 11.3. The van der Waals surface area contributed by atoms with Crippen molar-refractivity contribution >= 4 is 16.0 Å². The molecule has 1 amide bonds. The molecule has 1 fully saturated rings. The highest BCUT2D eigenvalue weighted by molar-refractivity contribution is 7.85. The van der Waals surface area contributed by atoms with Gasteiger partial charge >= 0.3 is 0 Å². The number of hydrogen-bond donors (Lipinski definition) is 2. The second kappa shape index (κ2) is 4.75. The van der Waals surface area contributed by atoms with Gasteiger partial charge in [-0.05, 0) is 12.8 Å². The summed E-state index contributed by atoms with van der Waals surface area (Å²) in [7, 11) is -3.96. The number of carbonyl (C=O) groups excluding carboxylic acids is 1. The van der Waals surface area contributed by atoms with E-state index in [0.717, 1.165) is 25.7 Å². The molecule has 2 N–H and O–H groups in total. The van der Waals surface area contributed by atoms with Crippen LogP contribution in [0.25, 0.3) is 0 Å². The van der Waals surface area contributed by atoms with Crippen LogP contribution in [-0.2, 0) is 14.9 Å². The van der Waals surface area contributed by atoms with Crippen LogP contribution >= 0.6 is 0 Å². The Kier molecular flexibility index (Phi) is 3.88. The molecule has 6 heteroatoms. The van der Waals surface area contributed by atoms with Crippen molar-refractivity contribution in [3.05, 3.63) is 0 Å². The zero-order valence-electron chi connectivity index (χ0n) is 7.90. The van der Waals surface area contributed by atoms with Gasteiger partial charge in [-0.15, -0.1) is 0 Å². The monoisotopic (exact) mass is 221 g/mol. The lowest BCUT2D eigenvalue weighted by atomic mass is 10.1. The van der Waals surface area contributed by atoms with Crippen molar-refractivity contribution in [1.29, 1.82) is 0 Å². The van der Waals surface area contributed by atoms with E-state index >= 15 is 0 Å². The summed E-state index contributed by atoms with van der Waals surface area (Å²) in [5.74, 6) is -0.464. The van der Waals surface area contributed by atoms with Crippen LogP contribution in [0.2, 0.25) is 0 Å². The van der Waals surface area contributed by atoms with E-state index < -0.39 is 15.9 Å². The van der Waals surface area contributed by atoms with Crippen molar-refractivity contribution in [2.75, 3.05) is 12.3 Å². The molecule has 0 saturated heterocycles. The molecule has 0 aromatic rings. The quantitative estimate of drug-likeness (QED) is 0.663. The number of hydrogen-bond acceptors (Lipinski definition) is 3. The van der Waals surface area contributed by atoms with Gasteiger partial charge in [-0.3, -0.25) is 9.35 Å². The molecule has 0 aliphatic heterocycles. The summed E-state index contributed by atoms with van der Waals surface area (Å²) in [5.41, 5.74) is 0. The second-order valence-corrected chi connectivity index (χ2v) is 5.13. The fourth-order valence-corrected chi connectivity index (χ4v) is 2.00. The third kappa shape index (κ3) is 4.06. The molecule has 0 heterocycles. The Labute approximate surface area is 83.6 Å². The molecule has 0 aromatic heterocycles. The zero-order valence-corrected chi connectivity index (χ0v) is 8.72. The van der Waals surface area contributed by atoms with Gasteiger partial charge in [-0.25, -0.2) is 0 Å². The zero-order chi connectivity index (χ0) is 10.6. The van der Waals surface area contributed by atoms with Crippen molar-refractivity contribution in [2.24, 2.45) is 5.92 Å². The summed E-state index contributed by atoms with van der Waals surface area (Å²) in [6.07, 6.45) is 3.90. The summed E-state index contributed by atoms with van der Waals surface area (Å²) < 4.78 is 29.1. The van der Waals surface area contributed by atoms with Crippen molar-refractivity contribution < 1.29 is 17.8 Å². The third-order valence-electron chi connectivity index (χ3n) is 2.39.